The largest absolute Gasteiger partial charge is 0.340 e. The maximum Gasteiger partial charge on any atom is 0.228 e. The minimum atomic E-state index is 0.0717. The molecule has 1 atom stereocenters. The van der Waals surface area contributed by atoms with E-state index in [0.717, 1.165) is 17.2 Å². The highest BCUT2D eigenvalue weighted by Gasteiger charge is 2.36. The predicted octanol–water partition coefficient (Wildman–Crippen LogP) is 2.43. The molecule has 6 nitrogen and oxygen atoms in total. The Morgan fingerprint density at radius 1 is 1.38 bits per heavy atom. The summed E-state index contributed by atoms with van der Waals surface area (Å²) in [6, 6.07) is 0.111. The zero-order valence-corrected chi connectivity index (χ0v) is 16.2. The second-order valence-electron chi connectivity index (χ2n) is 7.89. The molecule has 2 aromatic rings. The van der Waals surface area contributed by atoms with E-state index in [1.54, 1.807) is 11.3 Å². The number of hydrogen-bond acceptors (Lipinski definition) is 4. The molecular weight excluding hydrogens is 348 g/mol. The highest BCUT2D eigenvalue weighted by atomic mass is 32.1. The molecule has 1 saturated carbocycles. The van der Waals surface area contributed by atoms with E-state index < -0.39 is 0 Å². The Labute approximate surface area is 157 Å². The number of fused-ring (bicyclic) bond motifs is 1. The normalized spacial score (nSPS) is 21.7. The van der Waals surface area contributed by atoms with Crippen molar-refractivity contribution in [2.75, 3.05) is 19.6 Å². The van der Waals surface area contributed by atoms with Gasteiger partial charge in [0.05, 0.1) is 18.2 Å². The summed E-state index contributed by atoms with van der Waals surface area (Å²) in [6.07, 6.45) is 7.07. The number of rotatable bonds is 5. The van der Waals surface area contributed by atoms with Crippen LogP contribution in [0.3, 0.4) is 0 Å². The molecule has 2 amide bonds. The van der Waals surface area contributed by atoms with E-state index in [1.165, 1.54) is 12.8 Å². The number of hydrogen-bond donors (Lipinski definition) is 0. The van der Waals surface area contributed by atoms with Gasteiger partial charge in [-0.1, -0.05) is 13.8 Å². The summed E-state index contributed by atoms with van der Waals surface area (Å²) in [5.41, 5.74) is 0.799. The molecule has 0 aromatic carbocycles. The number of nitrogens with zero attached hydrogens (tertiary/aromatic N) is 4. The Bertz CT molecular complexity index is 779. The van der Waals surface area contributed by atoms with Crippen LogP contribution >= 0.6 is 11.3 Å². The molecule has 140 valence electrons. The lowest BCUT2D eigenvalue weighted by atomic mass is 10.0. The van der Waals surface area contributed by atoms with Crippen LogP contribution in [0, 0.1) is 11.8 Å². The highest BCUT2D eigenvalue weighted by molar-refractivity contribution is 7.15. The van der Waals surface area contributed by atoms with Gasteiger partial charge in [-0.25, -0.2) is 4.98 Å². The van der Waals surface area contributed by atoms with Crippen LogP contribution in [0.1, 0.15) is 38.8 Å². The second kappa shape index (κ2) is 7.02. The molecule has 0 radical (unpaired) electrons. The molecule has 26 heavy (non-hydrogen) atoms. The minimum Gasteiger partial charge on any atom is -0.340 e. The van der Waals surface area contributed by atoms with Crippen molar-refractivity contribution in [3.63, 3.8) is 0 Å². The van der Waals surface area contributed by atoms with Crippen molar-refractivity contribution >= 4 is 28.1 Å². The predicted molar refractivity (Wildman–Crippen MR) is 101 cm³/mol. The number of carbonyl (C=O) groups excluding carboxylic acids is 2. The second-order valence-corrected chi connectivity index (χ2v) is 8.77. The van der Waals surface area contributed by atoms with Gasteiger partial charge in [0.2, 0.25) is 11.8 Å². The third-order valence-corrected chi connectivity index (χ3v) is 6.24. The molecule has 0 spiro atoms. The van der Waals surface area contributed by atoms with Crippen molar-refractivity contribution in [3.8, 4) is 0 Å². The van der Waals surface area contributed by atoms with E-state index in [4.69, 9.17) is 0 Å². The van der Waals surface area contributed by atoms with Crippen LogP contribution in [-0.2, 0) is 16.0 Å². The van der Waals surface area contributed by atoms with Crippen LogP contribution < -0.4 is 0 Å². The van der Waals surface area contributed by atoms with Gasteiger partial charge < -0.3 is 9.80 Å². The molecule has 3 heterocycles. The van der Waals surface area contributed by atoms with Gasteiger partial charge in [0.15, 0.2) is 4.96 Å². The standard InChI is InChI=1S/C19H26N4O2S/c1-13(2)16-12-21(6-5-17(24)23(16)10-14-3-4-14)18(25)9-15-11-22-7-8-26-19(22)20-15/h7-8,11,13-14,16H,3-6,9-10,12H2,1-2H3. The first-order valence-corrected chi connectivity index (χ1v) is 10.4. The number of carbonyl (C=O) groups is 2. The topological polar surface area (TPSA) is 57.9 Å². The molecular formula is C19H26N4O2S. The number of imidazole rings is 1. The van der Waals surface area contributed by atoms with Crippen molar-refractivity contribution in [1.82, 2.24) is 19.2 Å². The molecule has 0 N–H and O–H groups in total. The van der Waals surface area contributed by atoms with Gasteiger partial charge in [0.1, 0.15) is 0 Å². The molecule has 2 aromatic heterocycles. The average Bonchev–Trinajstić information content (AvgIpc) is 3.22. The summed E-state index contributed by atoms with van der Waals surface area (Å²) < 4.78 is 1.95. The van der Waals surface area contributed by atoms with Crippen LogP contribution in [0.2, 0.25) is 0 Å². The van der Waals surface area contributed by atoms with Gasteiger partial charge in [-0.3, -0.25) is 14.0 Å². The van der Waals surface area contributed by atoms with Crippen molar-refractivity contribution in [2.24, 2.45) is 11.8 Å². The van der Waals surface area contributed by atoms with Crippen LogP contribution in [0.4, 0.5) is 0 Å². The third-order valence-electron chi connectivity index (χ3n) is 5.47. The zero-order chi connectivity index (χ0) is 18.3. The first-order valence-electron chi connectivity index (χ1n) is 9.49. The maximum atomic E-state index is 12.9. The van der Waals surface area contributed by atoms with Crippen LogP contribution in [0.25, 0.3) is 4.96 Å². The van der Waals surface area contributed by atoms with Crippen LogP contribution in [0.15, 0.2) is 17.8 Å². The van der Waals surface area contributed by atoms with Crippen LogP contribution in [-0.4, -0.2) is 56.7 Å². The molecule has 2 aliphatic rings. The summed E-state index contributed by atoms with van der Waals surface area (Å²) in [6.45, 7) is 6.31. The number of thiazole rings is 1. The minimum absolute atomic E-state index is 0.0717. The van der Waals surface area contributed by atoms with Gasteiger partial charge in [0.25, 0.3) is 0 Å². The molecule has 4 rings (SSSR count). The first kappa shape index (κ1) is 17.5. The summed E-state index contributed by atoms with van der Waals surface area (Å²) in [5, 5.41) is 1.98. The van der Waals surface area contributed by atoms with E-state index in [-0.39, 0.29) is 17.9 Å². The lowest BCUT2D eigenvalue weighted by Crippen LogP contribution is -2.48. The molecule has 0 bridgehead atoms. The summed E-state index contributed by atoms with van der Waals surface area (Å²) >= 11 is 1.57. The monoisotopic (exact) mass is 374 g/mol. The molecule has 1 unspecified atom stereocenters. The van der Waals surface area contributed by atoms with Crippen molar-refractivity contribution in [2.45, 2.75) is 45.6 Å². The Hall–Kier alpha value is -1.89. The Kier molecular flexibility index (Phi) is 4.73. The number of aromatic nitrogens is 2. The van der Waals surface area contributed by atoms with E-state index >= 15 is 0 Å². The van der Waals surface area contributed by atoms with Gasteiger partial charge >= 0.3 is 0 Å². The smallest absolute Gasteiger partial charge is 0.228 e. The van der Waals surface area contributed by atoms with E-state index in [1.807, 2.05) is 27.1 Å². The van der Waals surface area contributed by atoms with Crippen molar-refractivity contribution < 1.29 is 9.59 Å². The lowest BCUT2D eigenvalue weighted by Gasteiger charge is -2.34. The van der Waals surface area contributed by atoms with E-state index in [2.05, 4.69) is 23.7 Å². The fourth-order valence-electron chi connectivity index (χ4n) is 3.72. The zero-order valence-electron chi connectivity index (χ0n) is 15.4. The van der Waals surface area contributed by atoms with Gasteiger partial charge in [-0.2, -0.15) is 0 Å². The fourth-order valence-corrected chi connectivity index (χ4v) is 4.43. The summed E-state index contributed by atoms with van der Waals surface area (Å²) in [7, 11) is 0. The number of amides is 2. The Morgan fingerprint density at radius 2 is 2.19 bits per heavy atom. The van der Waals surface area contributed by atoms with E-state index in [9.17, 15) is 9.59 Å². The van der Waals surface area contributed by atoms with Crippen molar-refractivity contribution in [3.05, 3.63) is 23.5 Å². The maximum absolute atomic E-state index is 12.9. The molecule has 1 saturated heterocycles. The average molecular weight is 375 g/mol. The summed E-state index contributed by atoms with van der Waals surface area (Å²) in [4.78, 5) is 34.9. The van der Waals surface area contributed by atoms with Crippen molar-refractivity contribution in [1.29, 1.82) is 0 Å². The van der Waals surface area contributed by atoms with E-state index in [0.29, 0.717) is 37.8 Å². The first-order chi connectivity index (χ1) is 12.5. The fraction of sp³-hybridized carbons (Fsp3) is 0.632. The van der Waals surface area contributed by atoms with Gasteiger partial charge in [-0.15, -0.1) is 11.3 Å². The van der Waals surface area contributed by atoms with Gasteiger partial charge in [0, 0.05) is 43.8 Å². The quantitative estimate of drug-likeness (QED) is 0.808. The van der Waals surface area contributed by atoms with Crippen LogP contribution in [0.5, 0.6) is 0 Å². The molecule has 7 heteroatoms. The van der Waals surface area contributed by atoms with Gasteiger partial charge in [-0.05, 0) is 24.7 Å². The lowest BCUT2D eigenvalue weighted by molar-refractivity contribution is -0.134. The third kappa shape index (κ3) is 3.63. The molecule has 2 fully saturated rings. The SMILES string of the molecule is CC(C)C1CN(C(=O)Cc2cn3ccsc3n2)CCC(=O)N1CC1CC1. The Balaban J connectivity index is 1.47. The summed E-state index contributed by atoms with van der Waals surface area (Å²) in [5.74, 6) is 1.28. The highest BCUT2D eigenvalue weighted by Crippen LogP contribution is 2.32. The molecule has 1 aliphatic heterocycles. The molecule has 1 aliphatic carbocycles. The Morgan fingerprint density at radius 3 is 2.88 bits per heavy atom.